The predicted molar refractivity (Wildman–Crippen MR) is 97.4 cm³/mol. The number of aromatic nitrogens is 1. The number of para-hydroxylation sites is 1. The fraction of sp³-hybridized carbons (Fsp3) is 0.500. The predicted octanol–water partition coefficient (Wildman–Crippen LogP) is 2.56. The number of benzene rings is 1. The van der Waals surface area contributed by atoms with Gasteiger partial charge in [0.2, 0.25) is 5.88 Å². The molecule has 0 bridgehead atoms. The molecule has 1 aliphatic carbocycles. The molecule has 2 fully saturated rings. The van der Waals surface area contributed by atoms with E-state index in [-0.39, 0.29) is 18.1 Å². The second kappa shape index (κ2) is 7.60. The zero-order valence-corrected chi connectivity index (χ0v) is 14.9. The largest absolute Gasteiger partial charge is 0.481 e. The molecule has 2 heterocycles. The van der Waals surface area contributed by atoms with Crippen molar-refractivity contribution in [3.8, 4) is 5.88 Å². The molecule has 2 aromatic rings. The fourth-order valence-corrected chi connectivity index (χ4v) is 3.29. The van der Waals surface area contributed by atoms with Crippen LogP contribution in [0.2, 0.25) is 0 Å². The third-order valence-corrected chi connectivity index (χ3v) is 5.00. The number of rotatable bonds is 6. The number of carbonyl (C=O) groups is 1. The van der Waals surface area contributed by atoms with E-state index in [0.29, 0.717) is 30.6 Å². The van der Waals surface area contributed by atoms with Crippen LogP contribution in [-0.2, 0) is 9.47 Å². The molecule has 1 saturated carbocycles. The minimum atomic E-state index is -0.155. The Morgan fingerprint density at radius 1 is 1.31 bits per heavy atom. The Balaban J connectivity index is 1.53. The van der Waals surface area contributed by atoms with E-state index in [4.69, 9.17) is 14.2 Å². The number of hydrogen-bond donors (Lipinski definition) is 1. The standard InChI is InChI=1S/C20H24N2O4/c1-24-19-10-15(14-4-2-3-5-16(14)21-19)20(23)22-17-12-25-9-8-18(17)26-11-13-6-7-13/h2-5,10,13,17-18H,6-9,11-12H2,1H3,(H,22,23)/t17-,18+/m1/s1. The molecule has 1 aromatic heterocycles. The molecule has 6 heteroatoms. The normalized spacial score (nSPS) is 23.0. The Bertz CT molecular complexity index is 790. The first-order valence-electron chi connectivity index (χ1n) is 9.18. The van der Waals surface area contributed by atoms with Crippen molar-refractivity contribution in [1.82, 2.24) is 10.3 Å². The van der Waals surface area contributed by atoms with Gasteiger partial charge >= 0.3 is 0 Å². The van der Waals surface area contributed by atoms with Crippen molar-refractivity contribution >= 4 is 16.8 Å². The monoisotopic (exact) mass is 356 g/mol. The SMILES string of the molecule is COc1cc(C(=O)N[C@@H]2COCC[C@@H]2OCC2CC2)c2ccccc2n1. The molecule has 0 unspecified atom stereocenters. The highest BCUT2D eigenvalue weighted by Gasteiger charge is 2.31. The molecule has 1 amide bonds. The summed E-state index contributed by atoms with van der Waals surface area (Å²) in [6.45, 7) is 1.93. The summed E-state index contributed by atoms with van der Waals surface area (Å²) in [6, 6.07) is 9.11. The van der Waals surface area contributed by atoms with E-state index in [1.165, 1.54) is 12.8 Å². The zero-order valence-electron chi connectivity index (χ0n) is 14.9. The quantitative estimate of drug-likeness (QED) is 0.861. The van der Waals surface area contributed by atoms with Crippen LogP contribution in [0.5, 0.6) is 5.88 Å². The molecule has 0 spiro atoms. The van der Waals surface area contributed by atoms with Gasteiger partial charge in [0.05, 0.1) is 36.9 Å². The lowest BCUT2D eigenvalue weighted by Gasteiger charge is -2.32. The maximum absolute atomic E-state index is 13.0. The van der Waals surface area contributed by atoms with Gasteiger partial charge in [0, 0.05) is 24.7 Å². The summed E-state index contributed by atoms with van der Waals surface area (Å²) >= 11 is 0. The Morgan fingerprint density at radius 2 is 2.15 bits per heavy atom. The van der Waals surface area contributed by atoms with Crippen molar-refractivity contribution in [3.63, 3.8) is 0 Å². The number of hydrogen-bond acceptors (Lipinski definition) is 5. The zero-order chi connectivity index (χ0) is 17.9. The summed E-state index contributed by atoms with van der Waals surface area (Å²) in [4.78, 5) is 17.4. The molecular formula is C20H24N2O4. The molecular weight excluding hydrogens is 332 g/mol. The molecule has 1 saturated heterocycles. The van der Waals surface area contributed by atoms with E-state index in [9.17, 15) is 4.79 Å². The number of nitrogens with one attached hydrogen (secondary N) is 1. The summed E-state index contributed by atoms with van der Waals surface area (Å²) in [6.07, 6.45) is 3.31. The van der Waals surface area contributed by atoms with Gasteiger partial charge in [0.25, 0.3) is 5.91 Å². The molecule has 1 aromatic carbocycles. The lowest BCUT2D eigenvalue weighted by Crippen LogP contribution is -2.50. The molecule has 6 nitrogen and oxygen atoms in total. The average Bonchev–Trinajstić information content (AvgIpc) is 3.50. The van der Waals surface area contributed by atoms with Gasteiger partial charge in [-0.1, -0.05) is 18.2 Å². The second-order valence-corrected chi connectivity index (χ2v) is 6.99. The maximum atomic E-state index is 13.0. The highest BCUT2D eigenvalue weighted by molar-refractivity contribution is 6.06. The van der Waals surface area contributed by atoms with Crippen molar-refractivity contribution in [2.45, 2.75) is 31.4 Å². The minimum Gasteiger partial charge on any atom is -0.481 e. The molecule has 2 atom stereocenters. The van der Waals surface area contributed by atoms with Gasteiger partial charge in [-0.2, -0.15) is 0 Å². The summed E-state index contributed by atoms with van der Waals surface area (Å²) in [5, 5.41) is 3.90. The molecule has 2 aliphatic rings. The first kappa shape index (κ1) is 17.2. The summed E-state index contributed by atoms with van der Waals surface area (Å²) in [7, 11) is 1.55. The van der Waals surface area contributed by atoms with Crippen molar-refractivity contribution in [2.24, 2.45) is 5.92 Å². The number of nitrogens with zero attached hydrogens (tertiary/aromatic N) is 1. The number of methoxy groups -OCH3 is 1. The van der Waals surface area contributed by atoms with Crippen LogP contribution in [0.15, 0.2) is 30.3 Å². The Labute approximate surface area is 152 Å². The van der Waals surface area contributed by atoms with Gasteiger partial charge in [0.1, 0.15) is 0 Å². The van der Waals surface area contributed by atoms with Crippen LogP contribution in [-0.4, -0.2) is 50.0 Å². The van der Waals surface area contributed by atoms with E-state index in [1.807, 2.05) is 24.3 Å². The smallest absolute Gasteiger partial charge is 0.252 e. The van der Waals surface area contributed by atoms with Crippen LogP contribution in [0.25, 0.3) is 10.9 Å². The van der Waals surface area contributed by atoms with E-state index >= 15 is 0 Å². The molecule has 1 aliphatic heterocycles. The number of ether oxygens (including phenoxy) is 3. The second-order valence-electron chi connectivity index (χ2n) is 6.99. The lowest BCUT2D eigenvalue weighted by atomic mass is 10.0. The van der Waals surface area contributed by atoms with Crippen molar-refractivity contribution in [2.75, 3.05) is 26.9 Å². The summed E-state index contributed by atoms with van der Waals surface area (Å²) in [5.74, 6) is 0.968. The van der Waals surface area contributed by atoms with Crippen LogP contribution in [0.4, 0.5) is 0 Å². The molecule has 138 valence electrons. The maximum Gasteiger partial charge on any atom is 0.252 e. The first-order valence-corrected chi connectivity index (χ1v) is 9.18. The third kappa shape index (κ3) is 3.81. The Hall–Kier alpha value is -2.18. The van der Waals surface area contributed by atoms with E-state index in [2.05, 4.69) is 10.3 Å². The van der Waals surface area contributed by atoms with Crippen LogP contribution < -0.4 is 10.1 Å². The van der Waals surface area contributed by atoms with Crippen LogP contribution >= 0.6 is 0 Å². The van der Waals surface area contributed by atoms with Crippen LogP contribution in [0.1, 0.15) is 29.6 Å². The van der Waals surface area contributed by atoms with Crippen molar-refractivity contribution < 1.29 is 19.0 Å². The summed E-state index contributed by atoms with van der Waals surface area (Å²) in [5.41, 5.74) is 1.29. The highest BCUT2D eigenvalue weighted by atomic mass is 16.5. The third-order valence-electron chi connectivity index (χ3n) is 5.00. The van der Waals surface area contributed by atoms with Gasteiger partial charge < -0.3 is 19.5 Å². The average molecular weight is 356 g/mol. The topological polar surface area (TPSA) is 69.7 Å². The number of fused-ring (bicyclic) bond motifs is 1. The van der Waals surface area contributed by atoms with Crippen molar-refractivity contribution in [3.05, 3.63) is 35.9 Å². The van der Waals surface area contributed by atoms with Gasteiger partial charge in [-0.15, -0.1) is 0 Å². The highest BCUT2D eigenvalue weighted by Crippen LogP contribution is 2.30. The molecule has 1 N–H and O–H groups in total. The summed E-state index contributed by atoms with van der Waals surface area (Å²) < 4.78 is 16.9. The van der Waals surface area contributed by atoms with Crippen LogP contribution in [0.3, 0.4) is 0 Å². The number of carbonyl (C=O) groups excluding carboxylic acids is 1. The van der Waals surface area contributed by atoms with Crippen LogP contribution in [0, 0.1) is 5.92 Å². The lowest BCUT2D eigenvalue weighted by molar-refractivity contribution is -0.0567. The fourth-order valence-electron chi connectivity index (χ4n) is 3.29. The molecule has 0 radical (unpaired) electrons. The van der Waals surface area contributed by atoms with Gasteiger partial charge in [-0.05, 0) is 31.2 Å². The minimum absolute atomic E-state index is 0.00305. The Morgan fingerprint density at radius 3 is 2.96 bits per heavy atom. The van der Waals surface area contributed by atoms with E-state index in [0.717, 1.165) is 23.9 Å². The molecule has 4 rings (SSSR count). The van der Waals surface area contributed by atoms with Gasteiger partial charge in [0.15, 0.2) is 0 Å². The number of pyridine rings is 1. The Kier molecular flexibility index (Phi) is 5.04. The van der Waals surface area contributed by atoms with Gasteiger partial charge in [-0.3, -0.25) is 4.79 Å². The molecule has 26 heavy (non-hydrogen) atoms. The van der Waals surface area contributed by atoms with E-state index < -0.39 is 0 Å². The van der Waals surface area contributed by atoms with Gasteiger partial charge in [-0.25, -0.2) is 4.98 Å². The van der Waals surface area contributed by atoms with Crippen molar-refractivity contribution in [1.29, 1.82) is 0 Å². The first-order chi connectivity index (χ1) is 12.7. The number of amides is 1. The van der Waals surface area contributed by atoms with E-state index in [1.54, 1.807) is 13.2 Å².